The molecule has 0 spiro atoms. The number of rotatable bonds is 4. The standard InChI is InChI=1S/C17H18F3N3O6S/c1-16(2)28-10-8(6-24)26-13(11(10)29-16)23-5-7(9-12(27-9)21-15(23)30)4-22(3)14(25)17(18,19)20/h5,9,12,24H,4,6H2,1-3H3,(H,21,30). The molecule has 9 nitrogen and oxygen atoms in total. The van der Waals surface area contributed by atoms with Crippen molar-refractivity contribution in [2.45, 2.75) is 44.7 Å². The number of halogens is 3. The number of furan rings is 1. The van der Waals surface area contributed by atoms with Crippen molar-refractivity contribution in [3.05, 3.63) is 17.5 Å². The average Bonchev–Trinajstić information content (AvgIpc) is 3.24. The molecule has 13 heteroatoms. The molecule has 1 fully saturated rings. The molecule has 0 aromatic carbocycles. The number of nitrogens with one attached hydrogen (secondary N) is 1. The van der Waals surface area contributed by atoms with E-state index in [0.717, 1.165) is 7.05 Å². The first-order valence-electron chi connectivity index (χ1n) is 8.84. The summed E-state index contributed by atoms with van der Waals surface area (Å²) >= 11 is 5.36. The molecule has 0 radical (unpaired) electrons. The second kappa shape index (κ2) is 6.75. The van der Waals surface area contributed by atoms with Crippen LogP contribution in [0.15, 0.2) is 16.2 Å². The van der Waals surface area contributed by atoms with Gasteiger partial charge in [-0.1, -0.05) is 0 Å². The first kappa shape index (κ1) is 20.8. The largest absolute Gasteiger partial charge is 0.471 e. The van der Waals surface area contributed by atoms with Crippen molar-refractivity contribution in [3.63, 3.8) is 0 Å². The summed E-state index contributed by atoms with van der Waals surface area (Å²) in [6.07, 6.45) is -4.67. The van der Waals surface area contributed by atoms with Crippen molar-refractivity contribution in [3.8, 4) is 11.5 Å². The summed E-state index contributed by atoms with van der Waals surface area (Å²) in [5.41, 5.74) is 0.362. The van der Waals surface area contributed by atoms with Crippen molar-refractivity contribution < 1.29 is 41.7 Å². The van der Waals surface area contributed by atoms with Gasteiger partial charge in [0.15, 0.2) is 17.1 Å². The lowest BCUT2D eigenvalue weighted by atomic mass is 10.2. The number of epoxide rings is 1. The van der Waals surface area contributed by atoms with Crippen LogP contribution in [0.4, 0.5) is 19.1 Å². The number of likely N-dealkylation sites (N-methyl/N-ethyl adjacent to an activating group) is 1. The van der Waals surface area contributed by atoms with E-state index in [1.807, 2.05) is 0 Å². The van der Waals surface area contributed by atoms with Gasteiger partial charge in [0.1, 0.15) is 12.7 Å². The summed E-state index contributed by atoms with van der Waals surface area (Å²) in [4.78, 5) is 13.4. The highest BCUT2D eigenvalue weighted by atomic mass is 32.1. The second-order valence-corrected chi connectivity index (χ2v) is 7.80. The molecule has 4 heterocycles. The molecule has 30 heavy (non-hydrogen) atoms. The topological polar surface area (TPSA) is 99.9 Å². The number of nitrogens with zero attached hydrogens (tertiary/aromatic N) is 2. The minimum Gasteiger partial charge on any atom is -0.445 e. The van der Waals surface area contributed by atoms with E-state index in [-0.39, 0.29) is 34.8 Å². The molecular weight excluding hydrogens is 431 g/mol. The molecule has 0 aliphatic carbocycles. The molecule has 0 bridgehead atoms. The normalized spacial score (nSPS) is 24.0. The van der Waals surface area contributed by atoms with E-state index in [1.165, 1.54) is 11.1 Å². The Morgan fingerprint density at radius 2 is 2.03 bits per heavy atom. The van der Waals surface area contributed by atoms with Crippen molar-refractivity contribution in [2.75, 3.05) is 18.5 Å². The van der Waals surface area contributed by atoms with Gasteiger partial charge < -0.3 is 34.0 Å². The zero-order chi connectivity index (χ0) is 22.0. The van der Waals surface area contributed by atoms with Gasteiger partial charge >= 0.3 is 12.1 Å². The van der Waals surface area contributed by atoms with Gasteiger partial charge in [-0.2, -0.15) is 13.2 Å². The maximum atomic E-state index is 12.8. The van der Waals surface area contributed by atoms with E-state index in [2.05, 4.69) is 5.32 Å². The Bertz CT molecular complexity index is 944. The smallest absolute Gasteiger partial charge is 0.445 e. The van der Waals surface area contributed by atoms with Crippen LogP contribution in [0.3, 0.4) is 0 Å². The molecule has 3 aliphatic rings. The molecule has 2 unspecified atom stereocenters. The van der Waals surface area contributed by atoms with Gasteiger partial charge in [0.25, 0.3) is 5.88 Å². The molecule has 4 rings (SSSR count). The highest BCUT2D eigenvalue weighted by Crippen LogP contribution is 2.51. The van der Waals surface area contributed by atoms with Crippen LogP contribution in [-0.2, 0) is 16.1 Å². The van der Waals surface area contributed by atoms with Crippen LogP contribution in [0.1, 0.15) is 19.6 Å². The third-order valence-corrected chi connectivity index (χ3v) is 4.89. The first-order chi connectivity index (χ1) is 13.9. The number of fused-ring (bicyclic) bond motifs is 2. The second-order valence-electron chi connectivity index (χ2n) is 7.41. The molecule has 2 atom stereocenters. The zero-order valence-electron chi connectivity index (χ0n) is 16.1. The Labute approximate surface area is 173 Å². The summed E-state index contributed by atoms with van der Waals surface area (Å²) in [7, 11) is 1.04. The lowest BCUT2D eigenvalue weighted by Gasteiger charge is -2.23. The quantitative estimate of drug-likeness (QED) is 0.525. The number of alkyl halides is 3. The van der Waals surface area contributed by atoms with Crippen LogP contribution in [0.5, 0.6) is 11.5 Å². The fourth-order valence-electron chi connectivity index (χ4n) is 3.24. The number of ether oxygens (including phenoxy) is 3. The number of aliphatic hydroxyl groups excluding tert-OH is 1. The molecule has 1 saturated heterocycles. The third kappa shape index (κ3) is 3.56. The Balaban J connectivity index is 1.69. The molecule has 1 aromatic heterocycles. The van der Waals surface area contributed by atoms with Gasteiger partial charge in [-0.15, -0.1) is 0 Å². The van der Waals surface area contributed by atoms with Crippen molar-refractivity contribution in [1.82, 2.24) is 10.2 Å². The fraction of sp³-hybridized carbons (Fsp3) is 0.529. The number of carbonyl (C=O) groups is 1. The third-order valence-electron chi connectivity index (χ3n) is 4.58. The Kier molecular flexibility index (Phi) is 4.67. The van der Waals surface area contributed by atoms with Crippen molar-refractivity contribution >= 4 is 29.1 Å². The molecule has 3 aliphatic heterocycles. The number of thiocarbonyl (C=S) groups is 1. The zero-order valence-corrected chi connectivity index (χ0v) is 16.9. The van der Waals surface area contributed by atoms with Crippen LogP contribution in [-0.4, -0.2) is 58.9 Å². The van der Waals surface area contributed by atoms with E-state index in [4.69, 9.17) is 30.8 Å². The number of hydrogen-bond donors (Lipinski definition) is 2. The molecular formula is C17H18F3N3O6S. The maximum Gasteiger partial charge on any atom is 0.471 e. The highest BCUT2D eigenvalue weighted by Gasteiger charge is 2.49. The highest BCUT2D eigenvalue weighted by molar-refractivity contribution is 7.80. The first-order valence-corrected chi connectivity index (χ1v) is 9.24. The van der Waals surface area contributed by atoms with Crippen LogP contribution < -0.4 is 19.7 Å². The van der Waals surface area contributed by atoms with Gasteiger partial charge in [-0.3, -0.25) is 9.69 Å². The van der Waals surface area contributed by atoms with Gasteiger partial charge in [0.05, 0.1) is 0 Å². The molecule has 0 saturated carbocycles. The Morgan fingerprint density at radius 1 is 1.37 bits per heavy atom. The van der Waals surface area contributed by atoms with Gasteiger partial charge in [0, 0.05) is 33.6 Å². The van der Waals surface area contributed by atoms with Crippen LogP contribution in [0.25, 0.3) is 0 Å². The number of carbonyl (C=O) groups excluding carboxylic acids is 1. The molecule has 2 N–H and O–H groups in total. The summed E-state index contributed by atoms with van der Waals surface area (Å²) < 4.78 is 60.7. The monoisotopic (exact) mass is 449 g/mol. The minimum absolute atomic E-state index is 0.0840. The molecule has 164 valence electrons. The van der Waals surface area contributed by atoms with Crippen molar-refractivity contribution in [1.29, 1.82) is 0 Å². The van der Waals surface area contributed by atoms with E-state index in [9.17, 15) is 23.1 Å². The molecule has 1 aromatic rings. The van der Waals surface area contributed by atoms with Gasteiger partial charge in [-0.05, 0) is 17.8 Å². The van der Waals surface area contributed by atoms with E-state index in [0.29, 0.717) is 10.5 Å². The van der Waals surface area contributed by atoms with Crippen LogP contribution in [0, 0.1) is 0 Å². The van der Waals surface area contributed by atoms with Crippen LogP contribution in [0.2, 0.25) is 0 Å². The van der Waals surface area contributed by atoms with E-state index < -0.39 is 36.8 Å². The number of anilines is 1. The van der Waals surface area contributed by atoms with Gasteiger partial charge in [-0.25, -0.2) is 0 Å². The maximum absolute atomic E-state index is 12.8. The number of aliphatic hydroxyl groups is 1. The minimum atomic E-state index is -4.99. The average molecular weight is 449 g/mol. The Hall–Kier alpha value is -2.51. The van der Waals surface area contributed by atoms with Crippen LogP contribution >= 0.6 is 12.2 Å². The lowest BCUT2D eigenvalue weighted by Crippen LogP contribution is -2.40. The van der Waals surface area contributed by atoms with E-state index >= 15 is 0 Å². The predicted octanol–water partition coefficient (Wildman–Crippen LogP) is 1.60. The lowest BCUT2D eigenvalue weighted by molar-refractivity contribution is -0.183. The predicted molar refractivity (Wildman–Crippen MR) is 98.6 cm³/mol. The summed E-state index contributed by atoms with van der Waals surface area (Å²) in [6, 6.07) is 0. The van der Waals surface area contributed by atoms with Crippen molar-refractivity contribution in [2.24, 2.45) is 0 Å². The summed E-state index contributed by atoms with van der Waals surface area (Å²) in [5.74, 6) is -2.39. The molecule has 1 amide bonds. The van der Waals surface area contributed by atoms with Gasteiger partial charge in [0.2, 0.25) is 17.3 Å². The number of amides is 1. The SMILES string of the molecule is CN(CC1=CN(c2oc(CO)c3c2OC(C)(C)O3)C(=S)NC2OC12)C(=O)C(F)(F)F. The Morgan fingerprint density at radius 3 is 2.67 bits per heavy atom. The summed E-state index contributed by atoms with van der Waals surface area (Å²) in [6.45, 7) is 2.51. The summed E-state index contributed by atoms with van der Waals surface area (Å²) in [5, 5.41) is 12.6. The number of hydrogen-bond acceptors (Lipinski definition) is 7. The fourth-order valence-corrected chi connectivity index (χ4v) is 3.49. The van der Waals surface area contributed by atoms with E-state index in [1.54, 1.807) is 13.8 Å².